The average Bonchev–Trinajstić information content (AvgIpc) is 3.10. The van der Waals surface area contributed by atoms with Crippen LogP contribution in [-0.2, 0) is 19.5 Å². The van der Waals surface area contributed by atoms with E-state index in [0.717, 1.165) is 42.1 Å². The van der Waals surface area contributed by atoms with E-state index in [9.17, 15) is 0 Å². The van der Waals surface area contributed by atoms with Crippen molar-refractivity contribution in [3.05, 3.63) is 65.4 Å². The van der Waals surface area contributed by atoms with Crippen molar-refractivity contribution in [3.63, 3.8) is 0 Å². The summed E-state index contributed by atoms with van der Waals surface area (Å²) in [7, 11) is 0. The smallest absolute Gasteiger partial charge is 0.162 e. The molecule has 0 atom stereocenters. The van der Waals surface area contributed by atoms with Crippen molar-refractivity contribution in [1.82, 2.24) is 29.8 Å². The molecule has 0 saturated carbocycles. The normalized spacial score (nSPS) is 14.5. The third-order valence-electron chi connectivity index (χ3n) is 4.56. The summed E-state index contributed by atoms with van der Waals surface area (Å²) in [5, 5.41) is 1.22. The Morgan fingerprint density at radius 2 is 2.04 bits per heavy atom. The molecule has 1 aliphatic heterocycles. The Morgan fingerprint density at radius 3 is 2.92 bits per heavy atom. The zero-order valence-corrected chi connectivity index (χ0v) is 14.9. The molecule has 0 aliphatic carbocycles. The van der Waals surface area contributed by atoms with Crippen molar-refractivity contribution in [2.75, 3.05) is 6.54 Å². The summed E-state index contributed by atoms with van der Waals surface area (Å²) in [4.78, 5) is 26.7. The Balaban J connectivity index is 1.35. The Kier molecular flexibility index (Phi) is 3.88. The lowest BCUT2D eigenvalue weighted by Crippen LogP contribution is -2.30. The number of pyridine rings is 1. The fourth-order valence-corrected chi connectivity index (χ4v) is 4.33. The first-order valence-corrected chi connectivity index (χ1v) is 9.33. The van der Waals surface area contributed by atoms with Crippen molar-refractivity contribution < 1.29 is 0 Å². The number of thiophene rings is 1. The van der Waals surface area contributed by atoms with E-state index in [1.54, 1.807) is 23.7 Å². The van der Waals surface area contributed by atoms with E-state index in [1.807, 2.05) is 18.5 Å². The standard InChI is InChI=1S/C19H16N6S/c1-2-13-6-16(26-19(13)22-4-1)11-25-5-3-17-15(10-25)9-23-18(24-17)14-7-20-12-21-8-14/h1-2,4,6-9,12H,3,5,10-11H2. The fourth-order valence-electron chi connectivity index (χ4n) is 3.29. The van der Waals surface area contributed by atoms with Gasteiger partial charge in [0, 0.05) is 66.7 Å². The second kappa shape index (κ2) is 6.51. The van der Waals surface area contributed by atoms with Crippen LogP contribution in [0.2, 0.25) is 0 Å². The zero-order valence-electron chi connectivity index (χ0n) is 14.0. The summed E-state index contributed by atoms with van der Waals surface area (Å²) < 4.78 is 0. The van der Waals surface area contributed by atoms with Gasteiger partial charge in [-0.05, 0) is 12.1 Å². The molecule has 6 nitrogen and oxygen atoms in total. The van der Waals surface area contributed by atoms with Gasteiger partial charge in [-0.2, -0.15) is 0 Å². The van der Waals surface area contributed by atoms with Crippen molar-refractivity contribution >= 4 is 21.6 Å². The van der Waals surface area contributed by atoms with Crippen molar-refractivity contribution in [2.45, 2.75) is 19.5 Å². The van der Waals surface area contributed by atoms with Gasteiger partial charge in [0.1, 0.15) is 11.2 Å². The van der Waals surface area contributed by atoms with Gasteiger partial charge in [-0.25, -0.2) is 24.9 Å². The Bertz CT molecular complexity index is 1030. The van der Waals surface area contributed by atoms with Crippen LogP contribution < -0.4 is 0 Å². The van der Waals surface area contributed by atoms with Gasteiger partial charge in [-0.15, -0.1) is 11.3 Å². The SMILES string of the molecule is c1cnc2sc(CN3CCc4nc(-c5cncnc5)ncc4C3)cc2c1. The molecular weight excluding hydrogens is 344 g/mol. The maximum absolute atomic E-state index is 4.73. The molecule has 0 aromatic carbocycles. The Labute approximate surface area is 154 Å². The van der Waals surface area contributed by atoms with Gasteiger partial charge in [-0.1, -0.05) is 6.07 Å². The molecule has 0 unspecified atom stereocenters. The molecule has 0 amide bonds. The van der Waals surface area contributed by atoms with E-state index in [2.05, 4.69) is 37.0 Å². The summed E-state index contributed by atoms with van der Waals surface area (Å²) in [5.74, 6) is 0.702. The number of hydrogen-bond donors (Lipinski definition) is 0. The van der Waals surface area contributed by atoms with Gasteiger partial charge >= 0.3 is 0 Å². The van der Waals surface area contributed by atoms with Crippen LogP contribution in [0.5, 0.6) is 0 Å². The lowest BCUT2D eigenvalue weighted by atomic mass is 10.1. The highest BCUT2D eigenvalue weighted by Crippen LogP contribution is 2.27. The van der Waals surface area contributed by atoms with Crippen molar-refractivity contribution in [1.29, 1.82) is 0 Å². The van der Waals surface area contributed by atoms with E-state index < -0.39 is 0 Å². The average molecular weight is 360 g/mol. The van der Waals surface area contributed by atoms with Crippen LogP contribution in [-0.4, -0.2) is 36.4 Å². The Hall–Kier alpha value is -2.77. The van der Waals surface area contributed by atoms with Crippen LogP contribution in [0, 0.1) is 0 Å². The molecule has 0 fully saturated rings. The van der Waals surface area contributed by atoms with Crippen LogP contribution in [0.3, 0.4) is 0 Å². The third-order valence-corrected chi connectivity index (χ3v) is 5.60. The molecule has 4 aromatic heterocycles. The highest BCUT2D eigenvalue weighted by molar-refractivity contribution is 7.18. The van der Waals surface area contributed by atoms with Gasteiger partial charge in [0.15, 0.2) is 5.82 Å². The summed E-state index contributed by atoms with van der Waals surface area (Å²) in [6.07, 6.45) is 9.75. The molecule has 0 bridgehead atoms. The van der Waals surface area contributed by atoms with Gasteiger partial charge < -0.3 is 0 Å². The third kappa shape index (κ3) is 2.95. The minimum atomic E-state index is 0.702. The maximum Gasteiger partial charge on any atom is 0.162 e. The number of hydrogen-bond acceptors (Lipinski definition) is 7. The van der Waals surface area contributed by atoms with Gasteiger partial charge in [0.25, 0.3) is 0 Å². The monoisotopic (exact) mass is 360 g/mol. The molecule has 128 valence electrons. The molecule has 0 N–H and O–H groups in total. The Morgan fingerprint density at radius 1 is 1.12 bits per heavy atom. The summed E-state index contributed by atoms with van der Waals surface area (Å²) >= 11 is 1.77. The van der Waals surface area contributed by atoms with Crippen LogP contribution in [0.1, 0.15) is 16.1 Å². The van der Waals surface area contributed by atoms with Crippen LogP contribution in [0.25, 0.3) is 21.6 Å². The molecule has 7 heteroatoms. The minimum Gasteiger partial charge on any atom is -0.293 e. The first-order chi connectivity index (χ1) is 12.8. The van der Waals surface area contributed by atoms with Crippen LogP contribution in [0.15, 0.2) is 49.3 Å². The molecular formula is C19H16N6S. The number of aromatic nitrogens is 5. The number of nitrogens with zero attached hydrogens (tertiary/aromatic N) is 6. The van der Waals surface area contributed by atoms with Gasteiger partial charge in [0.2, 0.25) is 0 Å². The first-order valence-electron chi connectivity index (χ1n) is 8.51. The second-order valence-electron chi connectivity index (χ2n) is 6.36. The van der Waals surface area contributed by atoms with Crippen LogP contribution in [0.4, 0.5) is 0 Å². The summed E-state index contributed by atoms with van der Waals surface area (Å²) in [6, 6.07) is 6.36. The van der Waals surface area contributed by atoms with E-state index in [1.165, 1.54) is 22.2 Å². The molecule has 0 radical (unpaired) electrons. The zero-order chi connectivity index (χ0) is 17.3. The number of fused-ring (bicyclic) bond motifs is 2. The molecule has 5 heterocycles. The molecule has 26 heavy (non-hydrogen) atoms. The topological polar surface area (TPSA) is 67.7 Å². The van der Waals surface area contributed by atoms with Crippen molar-refractivity contribution in [2.24, 2.45) is 0 Å². The van der Waals surface area contributed by atoms with E-state index in [-0.39, 0.29) is 0 Å². The lowest BCUT2D eigenvalue weighted by Gasteiger charge is -2.27. The first kappa shape index (κ1) is 15.5. The molecule has 5 rings (SSSR count). The van der Waals surface area contributed by atoms with Crippen LogP contribution >= 0.6 is 11.3 Å². The van der Waals surface area contributed by atoms with Gasteiger partial charge in [0.05, 0.1) is 11.3 Å². The predicted octanol–water partition coefficient (Wildman–Crippen LogP) is 3.10. The van der Waals surface area contributed by atoms with Gasteiger partial charge in [-0.3, -0.25) is 4.90 Å². The molecule has 4 aromatic rings. The maximum atomic E-state index is 4.73. The van der Waals surface area contributed by atoms with E-state index >= 15 is 0 Å². The number of rotatable bonds is 3. The largest absolute Gasteiger partial charge is 0.293 e. The van der Waals surface area contributed by atoms with Crippen molar-refractivity contribution in [3.8, 4) is 11.4 Å². The summed E-state index contributed by atoms with van der Waals surface area (Å²) in [5.41, 5.74) is 3.19. The summed E-state index contributed by atoms with van der Waals surface area (Å²) in [6.45, 7) is 2.81. The molecule has 0 spiro atoms. The quantitative estimate of drug-likeness (QED) is 0.559. The van der Waals surface area contributed by atoms with E-state index in [0.29, 0.717) is 5.82 Å². The lowest BCUT2D eigenvalue weighted by molar-refractivity contribution is 0.245. The highest BCUT2D eigenvalue weighted by atomic mass is 32.1. The molecule has 0 saturated heterocycles. The second-order valence-corrected chi connectivity index (χ2v) is 7.48. The predicted molar refractivity (Wildman–Crippen MR) is 100 cm³/mol. The fraction of sp³-hybridized carbons (Fsp3) is 0.211. The molecule has 1 aliphatic rings. The highest BCUT2D eigenvalue weighted by Gasteiger charge is 2.19. The van der Waals surface area contributed by atoms with E-state index in [4.69, 9.17) is 4.98 Å². The minimum absolute atomic E-state index is 0.702.